The summed E-state index contributed by atoms with van der Waals surface area (Å²) in [6, 6.07) is 10.2. The molecule has 144 valence electrons. The second-order valence-electron chi connectivity index (χ2n) is 6.56. The number of hydrogen-bond donors (Lipinski definition) is 1. The van der Waals surface area contributed by atoms with Crippen LogP contribution in [-0.2, 0) is 4.79 Å². The average molecular weight is 390 g/mol. The van der Waals surface area contributed by atoms with Crippen molar-refractivity contribution in [2.75, 3.05) is 26.2 Å². The third-order valence-corrected chi connectivity index (χ3v) is 5.12. The van der Waals surface area contributed by atoms with Crippen molar-refractivity contribution in [2.24, 2.45) is 11.7 Å². The Balaban J connectivity index is 0.00000288. The van der Waals surface area contributed by atoms with Gasteiger partial charge in [0.2, 0.25) is 5.91 Å². The van der Waals surface area contributed by atoms with Crippen molar-refractivity contribution < 1.29 is 4.79 Å². The average Bonchev–Trinajstić information content (AvgIpc) is 2.59. The number of carbonyl (C=O) groups excluding carboxylic acids is 1. The van der Waals surface area contributed by atoms with Gasteiger partial charge in [-0.3, -0.25) is 9.69 Å². The zero-order chi connectivity index (χ0) is 16.8. The highest BCUT2D eigenvalue weighted by molar-refractivity contribution is 5.85. The number of nitrogens with zero attached hydrogens (tertiary/aromatic N) is 2. The number of benzene rings is 1. The van der Waals surface area contributed by atoms with Gasteiger partial charge in [-0.1, -0.05) is 44.2 Å². The zero-order valence-corrected chi connectivity index (χ0v) is 17.2. The fourth-order valence-corrected chi connectivity index (χ4v) is 3.55. The van der Waals surface area contributed by atoms with Crippen LogP contribution in [0.1, 0.15) is 45.2 Å². The van der Waals surface area contributed by atoms with Gasteiger partial charge in [-0.2, -0.15) is 0 Å². The van der Waals surface area contributed by atoms with Gasteiger partial charge in [0.25, 0.3) is 0 Å². The van der Waals surface area contributed by atoms with Gasteiger partial charge in [0.05, 0.1) is 0 Å². The molecule has 0 radical (unpaired) electrons. The molecule has 2 N–H and O–H groups in total. The zero-order valence-electron chi connectivity index (χ0n) is 15.6. The highest BCUT2D eigenvalue weighted by Crippen LogP contribution is 2.26. The number of likely N-dealkylation sites (tertiary alicyclic amines) is 1. The summed E-state index contributed by atoms with van der Waals surface area (Å²) in [5, 5.41) is 0. The van der Waals surface area contributed by atoms with Crippen molar-refractivity contribution in [3.63, 3.8) is 0 Å². The molecule has 1 fully saturated rings. The third-order valence-electron chi connectivity index (χ3n) is 5.12. The second kappa shape index (κ2) is 11.7. The van der Waals surface area contributed by atoms with Gasteiger partial charge in [-0.05, 0) is 44.3 Å². The summed E-state index contributed by atoms with van der Waals surface area (Å²) in [6.07, 6.45) is 2.03. The van der Waals surface area contributed by atoms with Crippen LogP contribution in [0.25, 0.3) is 0 Å². The molecule has 2 unspecified atom stereocenters. The predicted octanol–water partition coefficient (Wildman–Crippen LogP) is 3.50. The third kappa shape index (κ3) is 6.14. The minimum Gasteiger partial charge on any atom is -0.341 e. The van der Waals surface area contributed by atoms with Gasteiger partial charge >= 0.3 is 0 Å². The number of rotatable bonds is 6. The summed E-state index contributed by atoms with van der Waals surface area (Å²) in [6.45, 7) is 9.72. The Kier molecular flexibility index (Phi) is 11.4. The lowest BCUT2D eigenvalue weighted by molar-refractivity contribution is -0.138. The molecular weight excluding hydrogens is 357 g/mol. The first-order valence-corrected chi connectivity index (χ1v) is 8.91. The SMILES string of the molecule is CCN(CC)C(C(=O)N1CCC(C(C)N)CC1)c1ccccc1.Cl.Cl. The summed E-state index contributed by atoms with van der Waals surface area (Å²) in [7, 11) is 0. The number of halogens is 2. The first-order valence-electron chi connectivity index (χ1n) is 8.91. The number of carbonyl (C=O) groups is 1. The molecule has 6 heteroatoms. The van der Waals surface area contributed by atoms with Crippen LogP contribution in [0.3, 0.4) is 0 Å². The van der Waals surface area contributed by atoms with Crippen LogP contribution in [0.5, 0.6) is 0 Å². The Morgan fingerprint density at radius 2 is 1.68 bits per heavy atom. The molecule has 1 aromatic carbocycles. The first kappa shape index (κ1) is 24.2. The molecule has 4 nitrogen and oxygen atoms in total. The van der Waals surface area contributed by atoms with E-state index in [0.29, 0.717) is 5.92 Å². The number of amides is 1. The van der Waals surface area contributed by atoms with Crippen molar-refractivity contribution in [3.05, 3.63) is 35.9 Å². The van der Waals surface area contributed by atoms with Crippen molar-refractivity contribution in [3.8, 4) is 0 Å². The minimum atomic E-state index is -0.168. The van der Waals surface area contributed by atoms with Crippen molar-refractivity contribution in [2.45, 2.75) is 45.7 Å². The standard InChI is InChI=1S/C19H31N3O.2ClH/c1-4-21(5-2)18(17-9-7-6-8-10-17)19(23)22-13-11-16(12-14-22)15(3)20;;/h6-10,15-16,18H,4-5,11-14,20H2,1-3H3;2*1H. The number of likely N-dealkylation sites (N-methyl/N-ethyl adjacent to an activating group) is 1. The van der Waals surface area contributed by atoms with Gasteiger partial charge < -0.3 is 10.6 Å². The van der Waals surface area contributed by atoms with E-state index >= 15 is 0 Å². The molecule has 2 rings (SSSR count). The van der Waals surface area contributed by atoms with E-state index in [2.05, 4.69) is 37.8 Å². The van der Waals surface area contributed by atoms with Crippen LogP contribution >= 0.6 is 24.8 Å². The monoisotopic (exact) mass is 389 g/mol. The van der Waals surface area contributed by atoms with Gasteiger partial charge in [0, 0.05) is 19.1 Å². The molecular formula is C19H33Cl2N3O. The summed E-state index contributed by atoms with van der Waals surface area (Å²) < 4.78 is 0. The lowest BCUT2D eigenvalue weighted by atomic mass is 9.90. The van der Waals surface area contributed by atoms with Gasteiger partial charge in [0.1, 0.15) is 6.04 Å². The molecule has 25 heavy (non-hydrogen) atoms. The van der Waals surface area contributed by atoms with E-state index in [4.69, 9.17) is 5.73 Å². The molecule has 1 heterocycles. The minimum absolute atomic E-state index is 0. The summed E-state index contributed by atoms with van der Waals surface area (Å²) >= 11 is 0. The molecule has 0 bridgehead atoms. The number of hydrogen-bond acceptors (Lipinski definition) is 3. The van der Waals surface area contributed by atoms with E-state index in [1.807, 2.05) is 23.1 Å². The maximum absolute atomic E-state index is 13.2. The fourth-order valence-electron chi connectivity index (χ4n) is 3.55. The van der Waals surface area contributed by atoms with E-state index in [1.165, 1.54) is 0 Å². The van der Waals surface area contributed by atoms with Gasteiger partial charge in [-0.15, -0.1) is 24.8 Å². The van der Waals surface area contributed by atoms with Crippen molar-refractivity contribution in [1.82, 2.24) is 9.80 Å². The Labute approximate surface area is 164 Å². The lowest BCUT2D eigenvalue weighted by Crippen LogP contribution is -2.47. The van der Waals surface area contributed by atoms with Crippen LogP contribution in [0, 0.1) is 5.92 Å². The molecule has 0 aliphatic carbocycles. The molecule has 0 spiro atoms. The maximum Gasteiger partial charge on any atom is 0.244 e. The molecule has 1 amide bonds. The van der Waals surface area contributed by atoms with Gasteiger partial charge in [0.15, 0.2) is 0 Å². The van der Waals surface area contributed by atoms with Crippen molar-refractivity contribution in [1.29, 1.82) is 0 Å². The first-order chi connectivity index (χ1) is 11.1. The van der Waals surface area contributed by atoms with E-state index < -0.39 is 0 Å². The highest BCUT2D eigenvalue weighted by Gasteiger charge is 2.32. The topological polar surface area (TPSA) is 49.6 Å². The van der Waals surface area contributed by atoms with E-state index in [9.17, 15) is 4.79 Å². The second-order valence-corrected chi connectivity index (χ2v) is 6.56. The number of piperidine rings is 1. The maximum atomic E-state index is 13.2. The Bertz CT molecular complexity index is 487. The molecule has 1 saturated heterocycles. The Hall–Kier alpha value is -0.810. The summed E-state index contributed by atoms with van der Waals surface area (Å²) in [5.74, 6) is 0.783. The van der Waals surface area contributed by atoms with Crippen molar-refractivity contribution >= 4 is 30.7 Å². The smallest absolute Gasteiger partial charge is 0.244 e. The summed E-state index contributed by atoms with van der Waals surface area (Å²) in [5.41, 5.74) is 7.11. The molecule has 1 aliphatic rings. The van der Waals surface area contributed by atoms with E-state index in [0.717, 1.165) is 44.6 Å². The van der Waals surface area contributed by atoms with E-state index in [1.54, 1.807) is 0 Å². The number of nitrogens with two attached hydrogens (primary N) is 1. The van der Waals surface area contributed by atoms with E-state index in [-0.39, 0.29) is 42.8 Å². The fraction of sp³-hybridized carbons (Fsp3) is 0.632. The lowest BCUT2D eigenvalue weighted by Gasteiger charge is -2.38. The quantitative estimate of drug-likeness (QED) is 0.809. The highest BCUT2D eigenvalue weighted by atomic mass is 35.5. The Morgan fingerprint density at radius 1 is 1.16 bits per heavy atom. The van der Waals surface area contributed by atoms with Crippen LogP contribution in [0.15, 0.2) is 30.3 Å². The molecule has 1 aromatic rings. The predicted molar refractivity (Wildman–Crippen MR) is 110 cm³/mol. The van der Waals surface area contributed by atoms with Crippen LogP contribution in [-0.4, -0.2) is 47.9 Å². The largest absolute Gasteiger partial charge is 0.341 e. The Morgan fingerprint density at radius 3 is 2.12 bits per heavy atom. The molecule has 1 aliphatic heterocycles. The van der Waals surface area contributed by atoms with Crippen LogP contribution < -0.4 is 5.73 Å². The molecule has 0 saturated carbocycles. The van der Waals surface area contributed by atoms with Crippen LogP contribution in [0.4, 0.5) is 0 Å². The summed E-state index contributed by atoms with van der Waals surface area (Å²) in [4.78, 5) is 17.5. The normalized spacial score (nSPS) is 17.4. The van der Waals surface area contributed by atoms with Gasteiger partial charge in [-0.25, -0.2) is 0 Å². The molecule has 0 aromatic heterocycles. The van der Waals surface area contributed by atoms with Crippen LogP contribution in [0.2, 0.25) is 0 Å². The molecule has 2 atom stereocenters.